The maximum atomic E-state index is 12.8. The minimum Gasteiger partial charge on any atom is -0.457 e. The molecule has 30 heavy (non-hydrogen) atoms. The molecule has 7 heteroatoms. The number of carbonyl (C=O) groups excluding carboxylic acids is 3. The molecule has 0 aliphatic carbocycles. The number of nitrogens with zero attached hydrogens (tertiary/aromatic N) is 1. The molecule has 3 amide bonds. The van der Waals surface area contributed by atoms with Crippen molar-refractivity contribution in [2.45, 2.75) is 32.8 Å². The summed E-state index contributed by atoms with van der Waals surface area (Å²) in [6.07, 6.45) is 1.71. The molecule has 0 saturated carbocycles. The van der Waals surface area contributed by atoms with Crippen LogP contribution in [0, 0.1) is 5.92 Å². The van der Waals surface area contributed by atoms with Crippen molar-refractivity contribution < 1.29 is 23.9 Å². The van der Waals surface area contributed by atoms with Gasteiger partial charge in [0.05, 0.1) is 23.8 Å². The summed E-state index contributed by atoms with van der Waals surface area (Å²) in [7, 11) is 0. The van der Waals surface area contributed by atoms with Crippen LogP contribution in [-0.4, -0.2) is 41.9 Å². The van der Waals surface area contributed by atoms with E-state index in [1.54, 1.807) is 42.5 Å². The van der Waals surface area contributed by atoms with Crippen molar-refractivity contribution in [2.75, 3.05) is 18.5 Å². The molecular formula is C23H24N2O5. The summed E-state index contributed by atoms with van der Waals surface area (Å²) < 4.78 is 11.4. The Labute approximate surface area is 175 Å². The lowest BCUT2D eigenvalue weighted by Crippen LogP contribution is -2.36. The van der Waals surface area contributed by atoms with Crippen LogP contribution in [0.1, 0.15) is 47.4 Å². The summed E-state index contributed by atoms with van der Waals surface area (Å²) >= 11 is 0. The fourth-order valence-corrected chi connectivity index (χ4v) is 3.55. The van der Waals surface area contributed by atoms with Crippen molar-refractivity contribution in [3.8, 4) is 11.5 Å². The fraction of sp³-hybridized carbons (Fsp3) is 0.348. The molecule has 1 N–H and O–H groups in total. The molecule has 2 heterocycles. The van der Waals surface area contributed by atoms with Crippen LogP contribution in [0.5, 0.6) is 11.5 Å². The van der Waals surface area contributed by atoms with E-state index in [0.717, 1.165) is 12.8 Å². The number of nitrogens with one attached hydrogen (secondary N) is 1. The van der Waals surface area contributed by atoms with Crippen LogP contribution in [0.4, 0.5) is 5.69 Å². The second-order valence-corrected chi connectivity index (χ2v) is 7.84. The summed E-state index contributed by atoms with van der Waals surface area (Å²) in [6.45, 7) is 4.59. The molecule has 7 nitrogen and oxygen atoms in total. The van der Waals surface area contributed by atoms with E-state index in [1.165, 1.54) is 4.90 Å². The molecule has 2 aromatic rings. The average Bonchev–Trinajstić information content (AvgIpc) is 3.31. The van der Waals surface area contributed by atoms with E-state index in [-0.39, 0.29) is 36.3 Å². The van der Waals surface area contributed by atoms with Gasteiger partial charge in [-0.1, -0.05) is 19.9 Å². The number of carbonyl (C=O) groups is 3. The molecule has 0 radical (unpaired) electrons. The molecule has 156 valence electrons. The van der Waals surface area contributed by atoms with E-state index in [1.807, 2.05) is 13.8 Å². The first kappa shape index (κ1) is 20.1. The highest BCUT2D eigenvalue weighted by atomic mass is 16.5. The Morgan fingerprint density at radius 3 is 2.63 bits per heavy atom. The lowest BCUT2D eigenvalue weighted by Gasteiger charge is -2.17. The maximum Gasteiger partial charge on any atom is 0.261 e. The van der Waals surface area contributed by atoms with Crippen molar-refractivity contribution in [1.82, 2.24) is 4.90 Å². The number of ether oxygens (including phenoxy) is 2. The predicted octanol–water partition coefficient (Wildman–Crippen LogP) is 3.85. The zero-order chi connectivity index (χ0) is 21.3. The van der Waals surface area contributed by atoms with E-state index in [4.69, 9.17) is 9.47 Å². The van der Waals surface area contributed by atoms with Gasteiger partial charge in [-0.2, -0.15) is 0 Å². The highest BCUT2D eigenvalue weighted by Crippen LogP contribution is 2.31. The van der Waals surface area contributed by atoms with Gasteiger partial charge < -0.3 is 14.8 Å². The first-order chi connectivity index (χ1) is 14.4. The molecule has 1 unspecified atom stereocenters. The number of anilines is 1. The van der Waals surface area contributed by atoms with Crippen molar-refractivity contribution in [1.29, 1.82) is 0 Å². The van der Waals surface area contributed by atoms with Crippen LogP contribution in [0.3, 0.4) is 0 Å². The van der Waals surface area contributed by atoms with Crippen LogP contribution in [0.15, 0.2) is 42.5 Å². The molecular weight excluding hydrogens is 384 g/mol. The highest BCUT2D eigenvalue weighted by Gasteiger charge is 2.37. The quantitative estimate of drug-likeness (QED) is 0.734. The zero-order valence-electron chi connectivity index (χ0n) is 17.0. The second kappa shape index (κ2) is 8.28. The van der Waals surface area contributed by atoms with E-state index in [2.05, 4.69) is 5.32 Å². The molecule has 2 aromatic carbocycles. The van der Waals surface area contributed by atoms with Crippen molar-refractivity contribution in [2.24, 2.45) is 5.92 Å². The predicted molar refractivity (Wildman–Crippen MR) is 111 cm³/mol. The van der Waals surface area contributed by atoms with Gasteiger partial charge in [-0.15, -0.1) is 0 Å². The first-order valence-corrected chi connectivity index (χ1v) is 10.1. The van der Waals surface area contributed by atoms with Crippen molar-refractivity contribution in [3.63, 3.8) is 0 Å². The summed E-state index contributed by atoms with van der Waals surface area (Å²) in [5, 5.41) is 2.83. The van der Waals surface area contributed by atoms with Gasteiger partial charge in [0.2, 0.25) is 5.91 Å². The normalized spacial score (nSPS) is 18.1. The van der Waals surface area contributed by atoms with Gasteiger partial charge >= 0.3 is 0 Å². The summed E-state index contributed by atoms with van der Waals surface area (Å²) in [6, 6.07) is 11.9. The third-order valence-corrected chi connectivity index (χ3v) is 5.21. The highest BCUT2D eigenvalue weighted by molar-refractivity contribution is 6.21. The molecule has 0 aromatic heterocycles. The Balaban J connectivity index is 1.49. The lowest BCUT2D eigenvalue weighted by atomic mass is 10.1. The van der Waals surface area contributed by atoms with E-state index in [0.29, 0.717) is 34.9 Å². The van der Waals surface area contributed by atoms with Gasteiger partial charge in [-0.3, -0.25) is 19.3 Å². The molecule has 1 saturated heterocycles. The van der Waals surface area contributed by atoms with Gasteiger partial charge in [-0.25, -0.2) is 0 Å². The van der Waals surface area contributed by atoms with Gasteiger partial charge in [0.25, 0.3) is 11.8 Å². The fourth-order valence-electron chi connectivity index (χ4n) is 3.55. The molecule has 2 aliphatic heterocycles. The Kier molecular flexibility index (Phi) is 5.55. The van der Waals surface area contributed by atoms with Crippen molar-refractivity contribution >= 4 is 23.4 Å². The number of imide groups is 1. The van der Waals surface area contributed by atoms with Crippen LogP contribution >= 0.6 is 0 Å². The van der Waals surface area contributed by atoms with Gasteiger partial charge in [0.15, 0.2) is 0 Å². The molecule has 0 spiro atoms. The monoisotopic (exact) mass is 408 g/mol. The average molecular weight is 408 g/mol. The largest absolute Gasteiger partial charge is 0.457 e. The SMILES string of the molecule is CC(C)C(=O)Nc1cccc(Oc2ccc3c(c2)C(=O)N(CC2CCCO2)C3=O)c1. The zero-order valence-corrected chi connectivity index (χ0v) is 17.0. The summed E-state index contributed by atoms with van der Waals surface area (Å²) in [4.78, 5) is 38.6. The van der Waals surface area contributed by atoms with Crippen molar-refractivity contribution in [3.05, 3.63) is 53.6 Å². The van der Waals surface area contributed by atoms with Crippen LogP contribution in [0.2, 0.25) is 0 Å². The molecule has 1 atom stereocenters. The van der Waals surface area contributed by atoms with E-state index >= 15 is 0 Å². The topological polar surface area (TPSA) is 84.9 Å². The third-order valence-electron chi connectivity index (χ3n) is 5.21. The third kappa shape index (κ3) is 4.07. The number of rotatable bonds is 6. The second-order valence-electron chi connectivity index (χ2n) is 7.84. The molecule has 1 fully saturated rings. The van der Waals surface area contributed by atoms with Crippen LogP contribution in [0.25, 0.3) is 0 Å². The van der Waals surface area contributed by atoms with Gasteiger partial charge in [-0.05, 0) is 43.2 Å². The number of hydrogen-bond donors (Lipinski definition) is 1. The van der Waals surface area contributed by atoms with Gasteiger partial charge in [0, 0.05) is 24.3 Å². The Morgan fingerprint density at radius 1 is 1.13 bits per heavy atom. The minimum atomic E-state index is -0.325. The number of amides is 3. The van der Waals surface area contributed by atoms with E-state index < -0.39 is 0 Å². The number of fused-ring (bicyclic) bond motifs is 1. The molecule has 2 aliphatic rings. The molecule has 4 rings (SSSR count). The summed E-state index contributed by atoms with van der Waals surface area (Å²) in [5.41, 5.74) is 1.34. The van der Waals surface area contributed by atoms with E-state index in [9.17, 15) is 14.4 Å². The number of benzene rings is 2. The van der Waals surface area contributed by atoms with Crippen LogP contribution in [-0.2, 0) is 9.53 Å². The summed E-state index contributed by atoms with van der Waals surface area (Å²) in [5.74, 6) is 0.127. The maximum absolute atomic E-state index is 12.8. The van der Waals surface area contributed by atoms with Gasteiger partial charge in [0.1, 0.15) is 11.5 Å². The number of hydrogen-bond acceptors (Lipinski definition) is 5. The first-order valence-electron chi connectivity index (χ1n) is 10.1. The molecule has 0 bridgehead atoms. The van der Waals surface area contributed by atoms with Crippen LogP contribution < -0.4 is 10.1 Å². The Hall–Kier alpha value is -3.19. The lowest BCUT2D eigenvalue weighted by molar-refractivity contribution is -0.118. The minimum absolute atomic E-state index is 0.0832. The standard InChI is InChI=1S/C23H24N2O5/c1-14(2)21(26)24-15-5-3-6-16(11-15)30-17-8-9-19-20(12-17)23(28)25(22(19)27)13-18-7-4-10-29-18/h3,5-6,8-9,11-12,14,18H,4,7,10,13H2,1-2H3,(H,24,26). The Bertz CT molecular complexity index is 995. The smallest absolute Gasteiger partial charge is 0.261 e. The Morgan fingerprint density at radius 2 is 1.90 bits per heavy atom.